The molecule has 0 aromatic heterocycles. The van der Waals surface area contributed by atoms with Gasteiger partial charge < -0.3 is 29.0 Å². The van der Waals surface area contributed by atoms with Crippen LogP contribution >= 0.6 is 11.6 Å². The molecule has 1 heterocycles. The molecule has 0 aliphatic carbocycles. The molecule has 1 amide bonds. The van der Waals surface area contributed by atoms with E-state index in [1.165, 1.54) is 26.4 Å². The second-order valence-electron chi connectivity index (χ2n) is 6.46. The normalized spacial score (nSPS) is 13.2. The molecule has 2 aromatic carbocycles. The van der Waals surface area contributed by atoms with Crippen LogP contribution in [0.1, 0.15) is 28.9 Å². The van der Waals surface area contributed by atoms with Crippen molar-refractivity contribution >= 4 is 23.5 Å². The molecular weight excluding hydrogens is 414 g/mol. The van der Waals surface area contributed by atoms with E-state index >= 15 is 0 Å². The molecule has 1 N–H and O–H groups in total. The van der Waals surface area contributed by atoms with E-state index in [9.17, 15) is 9.59 Å². The summed E-state index contributed by atoms with van der Waals surface area (Å²) in [7, 11) is 2.87. The summed E-state index contributed by atoms with van der Waals surface area (Å²) in [5.74, 6) is 0.746. The van der Waals surface area contributed by atoms with E-state index in [-0.39, 0.29) is 22.4 Å². The third kappa shape index (κ3) is 4.88. The van der Waals surface area contributed by atoms with Crippen LogP contribution in [0.5, 0.6) is 23.0 Å². The molecule has 1 aliphatic heterocycles. The Morgan fingerprint density at radius 3 is 2.53 bits per heavy atom. The predicted octanol–water partition coefficient (Wildman–Crippen LogP) is 3.16. The second-order valence-corrected chi connectivity index (χ2v) is 6.87. The van der Waals surface area contributed by atoms with Crippen LogP contribution in [0.4, 0.5) is 0 Å². The van der Waals surface area contributed by atoms with E-state index in [2.05, 4.69) is 5.32 Å². The number of fused-ring (bicyclic) bond motifs is 1. The summed E-state index contributed by atoms with van der Waals surface area (Å²) in [4.78, 5) is 24.5. The number of carbonyl (C=O) groups excluding carboxylic acids is 2. The van der Waals surface area contributed by atoms with Gasteiger partial charge in [0.1, 0.15) is 13.2 Å². The highest BCUT2D eigenvalue weighted by molar-refractivity contribution is 6.32. The summed E-state index contributed by atoms with van der Waals surface area (Å²) < 4.78 is 26.4. The molecule has 0 radical (unpaired) electrons. The number of hydrogen-bond donors (Lipinski definition) is 1. The molecule has 1 atom stereocenters. The Hall–Kier alpha value is -3.13. The van der Waals surface area contributed by atoms with Crippen LogP contribution in [0, 0.1) is 0 Å². The van der Waals surface area contributed by atoms with E-state index in [4.69, 9.17) is 35.3 Å². The van der Waals surface area contributed by atoms with Gasteiger partial charge in [0.15, 0.2) is 29.6 Å². The molecule has 0 spiro atoms. The maximum atomic E-state index is 12.3. The van der Waals surface area contributed by atoms with Crippen molar-refractivity contribution < 1.29 is 33.3 Å². The number of hydrogen-bond acceptors (Lipinski definition) is 7. The number of carbonyl (C=O) groups is 2. The average molecular weight is 436 g/mol. The molecule has 9 heteroatoms. The number of halogens is 1. The second kappa shape index (κ2) is 9.58. The highest BCUT2D eigenvalue weighted by Crippen LogP contribution is 2.36. The number of rotatable bonds is 7. The van der Waals surface area contributed by atoms with Crippen molar-refractivity contribution in [2.24, 2.45) is 0 Å². The van der Waals surface area contributed by atoms with Gasteiger partial charge in [0, 0.05) is 0 Å². The van der Waals surface area contributed by atoms with Crippen LogP contribution < -0.4 is 24.3 Å². The van der Waals surface area contributed by atoms with Gasteiger partial charge in [0.2, 0.25) is 0 Å². The monoisotopic (exact) mass is 435 g/mol. The highest BCUT2D eigenvalue weighted by Gasteiger charge is 2.19. The van der Waals surface area contributed by atoms with Crippen LogP contribution in [0.25, 0.3) is 0 Å². The molecule has 0 bridgehead atoms. The summed E-state index contributed by atoms with van der Waals surface area (Å²) in [5.41, 5.74) is 0.982. The predicted molar refractivity (Wildman–Crippen MR) is 109 cm³/mol. The summed E-state index contributed by atoms with van der Waals surface area (Å²) in [5, 5.41) is 2.97. The summed E-state index contributed by atoms with van der Waals surface area (Å²) in [6.45, 7) is 2.36. The highest BCUT2D eigenvalue weighted by atomic mass is 35.5. The largest absolute Gasteiger partial charge is 0.493 e. The van der Waals surface area contributed by atoms with Gasteiger partial charge >= 0.3 is 5.97 Å². The summed E-state index contributed by atoms with van der Waals surface area (Å²) in [6.07, 6.45) is 0. The zero-order valence-electron chi connectivity index (χ0n) is 16.8. The maximum Gasteiger partial charge on any atom is 0.338 e. The Kier molecular flexibility index (Phi) is 6.89. The van der Waals surface area contributed by atoms with E-state index in [1.54, 1.807) is 6.07 Å². The van der Waals surface area contributed by atoms with Crippen LogP contribution in [-0.2, 0) is 9.53 Å². The van der Waals surface area contributed by atoms with E-state index < -0.39 is 18.5 Å². The van der Waals surface area contributed by atoms with Gasteiger partial charge in [0.05, 0.1) is 30.8 Å². The molecule has 8 nitrogen and oxygen atoms in total. The van der Waals surface area contributed by atoms with E-state index in [0.29, 0.717) is 30.5 Å². The SMILES string of the molecule is COc1cc(C(=O)OCC(=O)NC(C)c2ccc3c(c2)OCCO3)cc(Cl)c1OC. The van der Waals surface area contributed by atoms with Gasteiger partial charge in [0.25, 0.3) is 5.91 Å². The van der Waals surface area contributed by atoms with Gasteiger partial charge in [-0.05, 0) is 36.8 Å². The maximum absolute atomic E-state index is 12.3. The molecule has 30 heavy (non-hydrogen) atoms. The van der Waals surface area contributed by atoms with Crippen molar-refractivity contribution in [3.8, 4) is 23.0 Å². The number of benzene rings is 2. The average Bonchev–Trinajstić information content (AvgIpc) is 2.76. The standard InChI is InChI=1S/C21H22ClNO7/c1-12(13-4-5-16-17(9-13)29-7-6-28-16)23-19(24)11-30-21(25)14-8-15(22)20(27-3)18(10-14)26-2/h4-5,8-10,12H,6-7,11H2,1-3H3,(H,23,24). The lowest BCUT2D eigenvalue weighted by Gasteiger charge is -2.21. The van der Waals surface area contributed by atoms with Crippen LogP contribution in [0.2, 0.25) is 5.02 Å². The minimum atomic E-state index is -0.708. The molecule has 0 saturated heterocycles. The van der Waals surface area contributed by atoms with Crippen LogP contribution in [0.3, 0.4) is 0 Å². The van der Waals surface area contributed by atoms with Crippen LogP contribution in [-0.4, -0.2) is 45.9 Å². The Labute approximate surface area is 179 Å². The number of esters is 1. The first-order valence-corrected chi connectivity index (χ1v) is 9.58. The molecular formula is C21H22ClNO7. The van der Waals surface area contributed by atoms with Gasteiger partial charge in [-0.25, -0.2) is 4.79 Å². The first-order valence-electron chi connectivity index (χ1n) is 9.20. The Bertz CT molecular complexity index is 947. The van der Waals surface area contributed by atoms with Crippen molar-refractivity contribution in [1.82, 2.24) is 5.32 Å². The fourth-order valence-corrected chi connectivity index (χ4v) is 3.23. The molecule has 0 fully saturated rings. The Morgan fingerprint density at radius 1 is 1.10 bits per heavy atom. The fraction of sp³-hybridized carbons (Fsp3) is 0.333. The lowest BCUT2D eigenvalue weighted by atomic mass is 10.1. The Balaban J connectivity index is 1.58. The van der Waals surface area contributed by atoms with Crippen molar-refractivity contribution in [1.29, 1.82) is 0 Å². The van der Waals surface area contributed by atoms with Crippen molar-refractivity contribution in [2.45, 2.75) is 13.0 Å². The van der Waals surface area contributed by atoms with Crippen molar-refractivity contribution in [2.75, 3.05) is 34.0 Å². The molecule has 0 saturated carbocycles. The third-order valence-electron chi connectivity index (χ3n) is 4.45. The Morgan fingerprint density at radius 2 is 1.83 bits per heavy atom. The molecule has 160 valence electrons. The van der Waals surface area contributed by atoms with Gasteiger partial charge in [-0.2, -0.15) is 0 Å². The number of methoxy groups -OCH3 is 2. The third-order valence-corrected chi connectivity index (χ3v) is 4.73. The molecule has 1 aliphatic rings. The quantitative estimate of drug-likeness (QED) is 0.668. The van der Waals surface area contributed by atoms with Crippen molar-refractivity contribution in [3.05, 3.63) is 46.5 Å². The summed E-state index contributed by atoms with van der Waals surface area (Å²) >= 11 is 6.10. The zero-order chi connectivity index (χ0) is 21.7. The number of amides is 1. The lowest BCUT2D eigenvalue weighted by Crippen LogP contribution is -2.31. The first-order chi connectivity index (χ1) is 14.4. The smallest absolute Gasteiger partial charge is 0.338 e. The molecule has 3 rings (SSSR count). The minimum absolute atomic E-state index is 0.144. The topological polar surface area (TPSA) is 92.3 Å². The number of nitrogens with one attached hydrogen (secondary N) is 1. The van der Waals surface area contributed by atoms with Gasteiger partial charge in [-0.1, -0.05) is 17.7 Å². The van der Waals surface area contributed by atoms with Gasteiger partial charge in [-0.15, -0.1) is 0 Å². The molecule has 1 unspecified atom stereocenters. The lowest BCUT2D eigenvalue weighted by molar-refractivity contribution is -0.124. The number of ether oxygens (including phenoxy) is 5. The summed E-state index contributed by atoms with van der Waals surface area (Å²) in [6, 6.07) is 7.96. The fourth-order valence-electron chi connectivity index (χ4n) is 2.95. The first kappa shape index (κ1) is 21.6. The van der Waals surface area contributed by atoms with Gasteiger partial charge in [-0.3, -0.25) is 4.79 Å². The zero-order valence-corrected chi connectivity index (χ0v) is 17.6. The van der Waals surface area contributed by atoms with E-state index in [1.807, 2.05) is 19.1 Å². The van der Waals surface area contributed by atoms with Crippen molar-refractivity contribution in [3.63, 3.8) is 0 Å². The van der Waals surface area contributed by atoms with E-state index in [0.717, 1.165) is 5.56 Å². The minimum Gasteiger partial charge on any atom is -0.493 e. The molecule has 2 aromatic rings. The van der Waals surface area contributed by atoms with Crippen LogP contribution in [0.15, 0.2) is 30.3 Å².